The molecule has 102 valence electrons. The summed E-state index contributed by atoms with van der Waals surface area (Å²) in [4.78, 5) is 0. The van der Waals surface area contributed by atoms with Gasteiger partial charge in [-0.05, 0) is 30.0 Å². The molecule has 4 nitrogen and oxygen atoms in total. The van der Waals surface area contributed by atoms with Gasteiger partial charge >= 0.3 is 0 Å². The number of sulfonamides is 1. The molecular formula is C13H22N2O2S. The zero-order valence-electron chi connectivity index (χ0n) is 11.4. The molecule has 0 aliphatic heterocycles. The number of hydrogen-bond acceptors (Lipinski definition) is 3. The van der Waals surface area contributed by atoms with Crippen LogP contribution in [0.5, 0.6) is 0 Å². The van der Waals surface area contributed by atoms with Crippen molar-refractivity contribution >= 4 is 15.7 Å². The monoisotopic (exact) mass is 270 g/mol. The first-order valence-corrected chi connectivity index (χ1v) is 7.60. The average Bonchev–Trinajstić information content (AvgIpc) is 2.19. The fourth-order valence-electron chi connectivity index (χ4n) is 1.32. The van der Waals surface area contributed by atoms with Gasteiger partial charge in [-0.1, -0.05) is 32.9 Å². The number of rotatable bonds is 4. The molecule has 5 heteroatoms. The van der Waals surface area contributed by atoms with E-state index in [1.165, 1.54) is 0 Å². The third kappa shape index (κ3) is 4.66. The largest absolute Gasteiger partial charge is 0.399 e. The van der Waals surface area contributed by atoms with Gasteiger partial charge in [0.15, 0.2) is 0 Å². The van der Waals surface area contributed by atoms with E-state index in [-0.39, 0.29) is 17.2 Å². The Kier molecular flexibility index (Phi) is 4.40. The van der Waals surface area contributed by atoms with E-state index >= 15 is 0 Å². The van der Waals surface area contributed by atoms with Gasteiger partial charge in [-0.15, -0.1) is 0 Å². The van der Waals surface area contributed by atoms with Gasteiger partial charge in [-0.3, -0.25) is 0 Å². The van der Waals surface area contributed by atoms with Crippen LogP contribution < -0.4 is 10.5 Å². The molecule has 0 amide bonds. The van der Waals surface area contributed by atoms with E-state index in [1.54, 1.807) is 24.3 Å². The predicted molar refractivity (Wildman–Crippen MR) is 75.5 cm³/mol. The molecule has 0 saturated heterocycles. The van der Waals surface area contributed by atoms with Gasteiger partial charge in [0, 0.05) is 11.7 Å². The van der Waals surface area contributed by atoms with Crippen LogP contribution in [-0.4, -0.2) is 14.5 Å². The standard InChI is InChI=1S/C13H22N2O2S/c1-10(13(2,3)4)15-18(16,17)9-11-5-7-12(14)8-6-11/h5-8,10,15H,9,14H2,1-4H3. The molecule has 0 spiro atoms. The van der Waals surface area contributed by atoms with Gasteiger partial charge in [0.1, 0.15) is 0 Å². The lowest BCUT2D eigenvalue weighted by Crippen LogP contribution is -2.41. The molecule has 0 aromatic heterocycles. The third-order valence-corrected chi connectivity index (χ3v) is 4.42. The van der Waals surface area contributed by atoms with Crippen LogP contribution in [0.4, 0.5) is 5.69 Å². The maximum atomic E-state index is 12.0. The van der Waals surface area contributed by atoms with Gasteiger partial charge in [0.25, 0.3) is 0 Å². The highest BCUT2D eigenvalue weighted by Crippen LogP contribution is 2.20. The minimum Gasteiger partial charge on any atom is -0.399 e. The van der Waals surface area contributed by atoms with Crippen LogP contribution >= 0.6 is 0 Å². The predicted octanol–water partition coefficient (Wildman–Crippen LogP) is 2.12. The first kappa shape index (κ1) is 15.0. The molecule has 1 unspecified atom stereocenters. The summed E-state index contributed by atoms with van der Waals surface area (Å²) in [5.41, 5.74) is 6.83. The van der Waals surface area contributed by atoms with E-state index in [0.717, 1.165) is 5.56 Å². The first-order valence-electron chi connectivity index (χ1n) is 5.94. The Bertz CT molecular complexity index is 487. The number of nitrogens with one attached hydrogen (secondary N) is 1. The zero-order valence-corrected chi connectivity index (χ0v) is 12.2. The normalized spacial score (nSPS) is 14.4. The molecule has 3 N–H and O–H groups in total. The average molecular weight is 270 g/mol. The molecule has 0 bridgehead atoms. The quantitative estimate of drug-likeness (QED) is 0.823. The summed E-state index contributed by atoms with van der Waals surface area (Å²) in [6.07, 6.45) is 0. The van der Waals surface area contributed by atoms with Crippen molar-refractivity contribution < 1.29 is 8.42 Å². The first-order chi connectivity index (χ1) is 8.10. The Morgan fingerprint density at radius 3 is 2.17 bits per heavy atom. The second-order valence-electron chi connectivity index (χ2n) is 5.71. The van der Waals surface area contributed by atoms with Crippen LogP contribution in [0.15, 0.2) is 24.3 Å². The summed E-state index contributed by atoms with van der Waals surface area (Å²) < 4.78 is 26.7. The van der Waals surface area contributed by atoms with Crippen LogP contribution in [0.1, 0.15) is 33.3 Å². The van der Waals surface area contributed by atoms with Crippen molar-refractivity contribution in [2.75, 3.05) is 5.73 Å². The van der Waals surface area contributed by atoms with Crippen LogP contribution in [0.3, 0.4) is 0 Å². The van der Waals surface area contributed by atoms with Gasteiger partial charge in [0.2, 0.25) is 10.0 Å². The van der Waals surface area contributed by atoms with Gasteiger partial charge in [0.05, 0.1) is 5.75 Å². The third-order valence-electron chi connectivity index (χ3n) is 2.99. The molecule has 0 radical (unpaired) electrons. The maximum absolute atomic E-state index is 12.0. The van der Waals surface area contributed by atoms with Crippen molar-refractivity contribution in [2.24, 2.45) is 5.41 Å². The summed E-state index contributed by atoms with van der Waals surface area (Å²) in [5.74, 6) is -0.0201. The van der Waals surface area contributed by atoms with Crippen molar-refractivity contribution in [3.05, 3.63) is 29.8 Å². The molecular weight excluding hydrogens is 248 g/mol. The van der Waals surface area contributed by atoms with E-state index in [4.69, 9.17) is 5.73 Å². The van der Waals surface area contributed by atoms with E-state index in [0.29, 0.717) is 5.69 Å². The molecule has 0 aliphatic rings. The van der Waals surface area contributed by atoms with Crippen LogP contribution in [0.25, 0.3) is 0 Å². The SMILES string of the molecule is CC(NS(=O)(=O)Cc1ccc(N)cc1)C(C)(C)C. The van der Waals surface area contributed by atoms with Crippen molar-refractivity contribution in [1.82, 2.24) is 4.72 Å². The lowest BCUT2D eigenvalue weighted by Gasteiger charge is -2.27. The minimum absolute atomic E-state index is 0.0201. The van der Waals surface area contributed by atoms with Gasteiger partial charge in [-0.2, -0.15) is 0 Å². The van der Waals surface area contributed by atoms with Gasteiger partial charge in [-0.25, -0.2) is 13.1 Å². The Hall–Kier alpha value is -1.07. The van der Waals surface area contributed by atoms with E-state index in [9.17, 15) is 8.42 Å². The van der Waals surface area contributed by atoms with Gasteiger partial charge < -0.3 is 5.73 Å². The van der Waals surface area contributed by atoms with Crippen molar-refractivity contribution in [3.8, 4) is 0 Å². The topological polar surface area (TPSA) is 72.2 Å². The van der Waals surface area contributed by atoms with E-state index < -0.39 is 10.0 Å². The lowest BCUT2D eigenvalue weighted by molar-refractivity contribution is 0.317. The Morgan fingerprint density at radius 1 is 1.22 bits per heavy atom. The van der Waals surface area contributed by atoms with Crippen LogP contribution in [-0.2, 0) is 15.8 Å². The summed E-state index contributed by atoms with van der Waals surface area (Å²) in [7, 11) is -3.32. The number of nitrogen functional groups attached to an aromatic ring is 1. The van der Waals surface area contributed by atoms with E-state index in [1.807, 2.05) is 27.7 Å². The Labute approximate surface area is 110 Å². The molecule has 1 atom stereocenters. The number of anilines is 1. The zero-order chi connectivity index (χ0) is 14.0. The van der Waals surface area contributed by atoms with Crippen molar-refractivity contribution in [1.29, 1.82) is 0 Å². The van der Waals surface area contributed by atoms with Crippen molar-refractivity contribution in [3.63, 3.8) is 0 Å². The molecule has 0 aliphatic carbocycles. The molecule has 0 heterocycles. The summed E-state index contributed by atoms with van der Waals surface area (Å²) in [5, 5.41) is 0. The molecule has 1 aromatic rings. The molecule has 0 saturated carbocycles. The summed E-state index contributed by atoms with van der Waals surface area (Å²) in [6.45, 7) is 7.89. The summed E-state index contributed by atoms with van der Waals surface area (Å²) >= 11 is 0. The molecule has 1 rings (SSSR count). The van der Waals surface area contributed by atoms with Crippen molar-refractivity contribution in [2.45, 2.75) is 39.5 Å². The van der Waals surface area contributed by atoms with E-state index in [2.05, 4.69) is 4.72 Å². The minimum atomic E-state index is -3.32. The smallest absolute Gasteiger partial charge is 0.216 e. The fourth-order valence-corrected chi connectivity index (χ4v) is 2.93. The highest BCUT2D eigenvalue weighted by Gasteiger charge is 2.24. The molecule has 1 aromatic carbocycles. The Balaban J connectivity index is 2.74. The number of nitrogens with two attached hydrogens (primary N) is 1. The summed E-state index contributed by atoms with van der Waals surface area (Å²) in [6, 6.07) is 6.76. The van der Waals surface area contributed by atoms with Crippen LogP contribution in [0.2, 0.25) is 0 Å². The second kappa shape index (κ2) is 5.28. The molecule has 18 heavy (non-hydrogen) atoms. The highest BCUT2D eigenvalue weighted by molar-refractivity contribution is 7.88. The number of hydrogen-bond donors (Lipinski definition) is 2. The number of benzene rings is 1. The van der Waals surface area contributed by atoms with Crippen LogP contribution in [0, 0.1) is 5.41 Å². The lowest BCUT2D eigenvalue weighted by atomic mass is 9.89. The second-order valence-corrected chi connectivity index (χ2v) is 7.46. The Morgan fingerprint density at radius 2 is 1.72 bits per heavy atom. The fraction of sp³-hybridized carbons (Fsp3) is 0.538. The highest BCUT2D eigenvalue weighted by atomic mass is 32.2. The molecule has 0 fully saturated rings. The maximum Gasteiger partial charge on any atom is 0.216 e.